The lowest BCUT2D eigenvalue weighted by Gasteiger charge is -1.98. The molecule has 0 N–H and O–H groups in total. The van der Waals surface area contributed by atoms with E-state index in [0.717, 1.165) is 10.8 Å². The summed E-state index contributed by atoms with van der Waals surface area (Å²) in [5.41, 5.74) is 0.597. The summed E-state index contributed by atoms with van der Waals surface area (Å²) in [6.45, 7) is 0. The second-order valence-corrected chi connectivity index (χ2v) is 3.60. The summed E-state index contributed by atoms with van der Waals surface area (Å²) in [6.07, 6.45) is 4.39. The SMILES string of the molecule is CSCn1ncc(Br)c1C=O. The monoisotopic (exact) mass is 234 g/mol. The van der Waals surface area contributed by atoms with Gasteiger partial charge in [-0.3, -0.25) is 9.48 Å². The molecule has 1 aromatic rings. The molecule has 60 valence electrons. The zero-order chi connectivity index (χ0) is 8.27. The van der Waals surface area contributed by atoms with Crippen molar-refractivity contribution < 1.29 is 4.79 Å². The number of aldehydes is 1. The van der Waals surface area contributed by atoms with Gasteiger partial charge in [0, 0.05) is 0 Å². The molecule has 1 rings (SSSR count). The van der Waals surface area contributed by atoms with Gasteiger partial charge in [-0.05, 0) is 22.2 Å². The van der Waals surface area contributed by atoms with E-state index in [4.69, 9.17) is 0 Å². The topological polar surface area (TPSA) is 34.9 Å². The predicted octanol–water partition coefficient (Wildman–Crippen LogP) is 1.78. The van der Waals surface area contributed by atoms with Crippen LogP contribution >= 0.6 is 27.7 Å². The van der Waals surface area contributed by atoms with Crippen LogP contribution in [-0.2, 0) is 5.88 Å². The minimum absolute atomic E-state index is 0.597. The Morgan fingerprint density at radius 3 is 3.18 bits per heavy atom. The summed E-state index contributed by atoms with van der Waals surface area (Å²) in [4.78, 5) is 10.5. The average molecular weight is 235 g/mol. The zero-order valence-electron chi connectivity index (χ0n) is 5.95. The summed E-state index contributed by atoms with van der Waals surface area (Å²) in [6, 6.07) is 0. The third kappa shape index (κ3) is 1.84. The number of rotatable bonds is 3. The van der Waals surface area contributed by atoms with Crippen molar-refractivity contribution in [3.8, 4) is 0 Å². The summed E-state index contributed by atoms with van der Waals surface area (Å²) in [5.74, 6) is 0.708. The average Bonchev–Trinajstić information content (AvgIpc) is 2.33. The molecule has 0 atom stereocenters. The number of halogens is 1. The second-order valence-electron chi connectivity index (χ2n) is 1.91. The Labute approximate surface area is 77.3 Å². The molecule has 0 amide bonds. The number of carbonyl (C=O) groups is 1. The molecule has 11 heavy (non-hydrogen) atoms. The number of hydrogen-bond acceptors (Lipinski definition) is 3. The van der Waals surface area contributed by atoms with Gasteiger partial charge in [0.2, 0.25) is 0 Å². The molecule has 0 aliphatic carbocycles. The minimum Gasteiger partial charge on any atom is -0.296 e. The van der Waals surface area contributed by atoms with E-state index < -0.39 is 0 Å². The van der Waals surface area contributed by atoms with Crippen LogP contribution in [0.5, 0.6) is 0 Å². The maximum Gasteiger partial charge on any atom is 0.169 e. The summed E-state index contributed by atoms with van der Waals surface area (Å²) < 4.78 is 2.41. The van der Waals surface area contributed by atoms with Crippen LogP contribution < -0.4 is 0 Å². The fourth-order valence-electron chi connectivity index (χ4n) is 0.714. The van der Waals surface area contributed by atoms with Crippen molar-refractivity contribution in [1.82, 2.24) is 9.78 Å². The van der Waals surface area contributed by atoms with E-state index >= 15 is 0 Å². The molecule has 1 aromatic heterocycles. The molecule has 0 bridgehead atoms. The van der Waals surface area contributed by atoms with Crippen LogP contribution in [0.25, 0.3) is 0 Å². The van der Waals surface area contributed by atoms with Crippen LogP contribution in [0.2, 0.25) is 0 Å². The third-order valence-electron chi connectivity index (χ3n) is 1.20. The largest absolute Gasteiger partial charge is 0.296 e. The van der Waals surface area contributed by atoms with Crippen LogP contribution in [0.3, 0.4) is 0 Å². The second kappa shape index (κ2) is 3.92. The molecule has 0 unspecified atom stereocenters. The highest BCUT2D eigenvalue weighted by atomic mass is 79.9. The van der Waals surface area contributed by atoms with Crippen molar-refractivity contribution in [2.45, 2.75) is 5.88 Å². The van der Waals surface area contributed by atoms with E-state index in [1.165, 1.54) is 0 Å². The number of carbonyl (C=O) groups excluding carboxylic acids is 1. The molecule has 5 heteroatoms. The fourth-order valence-corrected chi connectivity index (χ4v) is 1.55. The van der Waals surface area contributed by atoms with Crippen molar-refractivity contribution in [1.29, 1.82) is 0 Å². The Bertz CT molecular complexity index is 261. The highest BCUT2D eigenvalue weighted by Crippen LogP contribution is 2.14. The lowest BCUT2D eigenvalue weighted by atomic mass is 10.5. The first-order chi connectivity index (χ1) is 5.29. The van der Waals surface area contributed by atoms with Gasteiger partial charge in [0.05, 0.1) is 16.5 Å². The highest BCUT2D eigenvalue weighted by molar-refractivity contribution is 9.10. The van der Waals surface area contributed by atoms with E-state index in [-0.39, 0.29) is 0 Å². The molecular formula is C6H7BrN2OS. The maximum absolute atomic E-state index is 10.5. The molecule has 3 nitrogen and oxygen atoms in total. The Morgan fingerprint density at radius 2 is 2.64 bits per heavy atom. The number of hydrogen-bond donors (Lipinski definition) is 0. The van der Waals surface area contributed by atoms with Crippen molar-refractivity contribution in [3.63, 3.8) is 0 Å². The Morgan fingerprint density at radius 1 is 1.91 bits per heavy atom. The standard InChI is InChI=1S/C6H7BrN2OS/c1-11-4-9-6(3-10)5(7)2-8-9/h2-3H,4H2,1H3. The summed E-state index contributed by atoms with van der Waals surface area (Å²) >= 11 is 4.84. The number of nitrogens with zero attached hydrogens (tertiary/aromatic N) is 2. The van der Waals surface area contributed by atoms with Gasteiger partial charge in [-0.2, -0.15) is 5.10 Å². The van der Waals surface area contributed by atoms with Gasteiger partial charge in [-0.15, -0.1) is 11.8 Å². The Hall–Kier alpha value is -0.290. The molecular weight excluding hydrogens is 228 g/mol. The quantitative estimate of drug-likeness (QED) is 0.749. The van der Waals surface area contributed by atoms with Crippen LogP contribution in [0.15, 0.2) is 10.7 Å². The Kier molecular flexibility index (Phi) is 3.14. The van der Waals surface area contributed by atoms with Gasteiger partial charge in [0.15, 0.2) is 6.29 Å². The molecule has 0 aliphatic rings. The first-order valence-corrected chi connectivity index (χ1v) is 5.13. The number of thioether (sulfide) groups is 1. The molecule has 1 heterocycles. The maximum atomic E-state index is 10.5. The fraction of sp³-hybridized carbons (Fsp3) is 0.333. The molecule has 0 radical (unpaired) electrons. The predicted molar refractivity (Wildman–Crippen MR) is 48.8 cm³/mol. The first-order valence-electron chi connectivity index (χ1n) is 2.95. The van der Waals surface area contributed by atoms with Crippen LogP contribution in [0.4, 0.5) is 0 Å². The van der Waals surface area contributed by atoms with Crippen molar-refractivity contribution in [2.75, 3.05) is 6.26 Å². The van der Waals surface area contributed by atoms with Crippen molar-refractivity contribution >= 4 is 34.0 Å². The zero-order valence-corrected chi connectivity index (χ0v) is 8.35. The normalized spacial score (nSPS) is 10.0. The summed E-state index contributed by atoms with van der Waals surface area (Å²) in [5, 5.41) is 3.99. The van der Waals surface area contributed by atoms with Gasteiger partial charge in [0.25, 0.3) is 0 Å². The van der Waals surface area contributed by atoms with Crippen LogP contribution in [0.1, 0.15) is 10.5 Å². The van der Waals surface area contributed by atoms with Gasteiger partial charge in [0.1, 0.15) is 5.69 Å². The van der Waals surface area contributed by atoms with E-state index in [2.05, 4.69) is 21.0 Å². The number of aromatic nitrogens is 2. The minimum atomic E-state index is 0.597. The molecule has 0 aromatic carbocycles. The molecule has 0 saturated heterocycles. The van der Waals surface area contributed by atoms with Gasteiger partial charge >= 0.3 is 0 Å². The van der Waals surface area contributed by atoms with Crippen molar-refractivity contribution in [2.24, 2.45) is 0 Å². The van der Waals surface area contributed by atoms with Gasteiger partial charge in [-0.1, -0.05) is 0 Å². The van der Waals surface area contributed by atoms with Crippen molar-refractivity contribution in [3.05, 3.63) is 16.4 Å². The van der Waals surface area contributed by atoms with Crippen LogP contribution in [-0.4, -0.2) is 22.3 Å². The molecule has 0 fully saturated rings. The lowest BCUT2D eigenvalue weighted by Crippen LogP contribution is -2.01. The van der Waals surface area contributed by atoms with Gasteiger partial charge < -0.3 is 0 Å². The molecule has 0 spiro atoms. The summed E-state index contributed by atoms with van der Waals surface area (Å²) in [7, 11) is 0. The molecule has 0 aliphatic heterocycles. The Balaban J connectivity index is 2.95. The van der Waals surface area contributed by atoms with E-state index in [1.807, 2.05) is 6.26 Å². The molecule has 0 saturated carbocycles. The smallest absolute Gasteiger partial charge is 0.169 e. The van der Waals surface area contributed by atoms with E-state index in [1.54, 1.807) is 22.6 Å². The lowest BCUT2D eigenvalue weighted by molar-refractivity contribution is 0.111. The highest BCUT2D eigenvalue weighted by Gasteiger charge is 2.05. The van der Waals surface area contributed by atoms with Gasteiger partial charge in [-0.25, -0.2) is 0 Å². The first kappa shape index (κ1) is 8.80. The van der Waals surface area contributed by atoms with E-state index in [9.17, 15) is 4.79 Å². The van der Waals surface area contributed by atoms with Crippen LogP contribution in [0, 0.1) is 0 Å². The third-order valence-corrected chi connectivity index (χ3v) is 2.31. The van der Waals surface area contributed by atoms with E-state index in [0.29, 0.717) is 11.6 Å².